The Morgan fingerprint density at radius 2 is 1.71 bits per heavy atom. The molecule has 1 atom stereocenters. The lowest BCUT2D eigenvalue weighted by atomic mass is 10.0. The summed E-state index contributed by atoms with van der Waals surface area (Å²) in [6, 6.07) is 12.9. The van der Waals surface area contributed by atoms with Gasteiger partial charge in [0.15, 0.2) is 0 Å². The molecule has 0 unspecified atom stereocenters. The van der Waals surface area contributed by atoms with E-state index in [1.54, 1.807) is 25.4 Å². The number of ether oxygens (including phenoxy) is 1. The molecule has 0 saturated carbocycles. The molecule has 0 aliphatic heterocycles. The molecule has 2 aromatic carbocycles. The minimum atomic E-state index is -0.628. The smallest absolute Gasteiger partial charge is 0.274 e. The van der Waals surface area contributed by atoms with Crippen molar-refractivity contribution in [3.05, 3.63) is 85.0 Å². The SMILES string of the molecule is CC[C@@H](Nc1c(Nc2cccn(CCOC)c2=O)c(=O)c1=O)c1ccccc1. The summed E-state index contributed by atoms with van der Waals surface area (Å²) in [4.78, 5) is 36.8. The second-order valence-corrected chi connectivity index (χ2v) is 6.46. The first kappa shape index (κ1) is 19.6. The van der Waals surface area contributed by atoms with Crippen molar-refractivity contribution in [1.29, 1.82) is 0 Å². The van der Waals surface area contributed by atoms with Gasteiger partial charge < -0.3 is 19.9 Å². The third kappa shape index (κ3) is 3.89. The molecule has 0 bridgehead atoms. The Balaban J connectivity index is 1.86. The van der Waals surface area contributed by atoms with Crippen LogP contribution in [0.1, 0.15) is 24.9 Å². The quantitative estimate of drug-likeness (QED) is 0.553. The lowest BCUT2D eigenvalue weighted by Crippen LogP contribution is -2.38. The highest BCUT2D eigenvalue weighted by Gasteiger charge is 2.24. The van der Waals surface area contributed by atoms with Crippen LogP contribution in [0.25, 0.3) is 0 Å². The molecule has 28 heavy (non-hydrogen) atoms. The van der Waals surface area contributed by atoms with Crippen LogP contribution >= 0.6 is 0 Å². The second kappa shape index (κ2) is 8.67. The number of nitrogens with zero attached hydrogens (tertiary/aromatic N) is 1. The fourth-order valence-corrected chi connectivity index (χ4v) is 3.06. The average molecular weight is 381 g/mol. The van der Waals surface area contributed by atoms with Gasteiger partial charge >= 0.3 is 0 Å². The van der Waals surface area contributed by atoms with Gasteiger partial charge in [0.05, 0.1) is 12.6 Å². The molecule has 2 N–H and O–H groups in total. The summed E-state index contributed by atoms with van der Waals surface area (Å²) in [5, 5.41) is 6.00. The minimum absolute atomic E-state index is 0.112. The van der Waals surface area contributed by atoms with Crippen LogP contribution in [0.4, 0.5) is 17.1 Å². The van der Waals surface area contributed by atoms with Gasteiger partial charge in [0.1, 0.15) is 17.1 Å². The Labute approximate surface area is 162 Å². The molecule has 3 rings (SSSR count). The van der Waals surface area contributed by atoms with Gasteiger partial charge in [-0.25, -0.2) is 0 Å². The van der Waals surface area contributed by atoms with Crippen LogP contribution in [-0.4, -0.2) is 18.3 Å². The maximum absolute atomic E-state index is 12.6. The first-order valence-corrected chi connectivity index (χ1v) is 9.17. The first-order chi connectivity index (χ1) is 13.6. The monoisotopic (exact) mass is 381 g/mol. The van der Waals surface area contributed by atoms with Gasteiger partial charge in [0.2, 0.25) is 0 Å². The Hall–Kier alpha value is -3.19. The van der Waals surface area contributed by atoms with Crippen LogP contribution in [0, 0.1) is 0 Å². The van der Waals surface area contributed by atoms with Crippen molar-refractivity contribution < 1.29 is 4.74 Å². The number of rotatable bonds is 9. The van der Waals surface area contributed by atoms with Crippen LogP contribution in [0.15, 0.2) is 63.0 Å². The van der Waals surface area contributed by atoms with Crippen LogP contribution in [0.2, 0.25) is 0 Å². The predicted molar refractivity (Wildman–Crippen MR) is 110 cm³/mol. The fourth-order valence-electron chi connectivity index (χ4n) is 3.06. The average Bonchev–Trinajstić information content (AvgIpc) is 2.73. The molecule has 0 spiro atoms. The highest BCUT2D eigenvalue weighted by atomic mass is 16.5. The standard InChI is InChI=1S/C21H23N3O4/c1-3-15(14-8-5-4-6-9-14)22-17-18(20(26)19(17)25)23-16-10-7-11-24(21(16)27)12-13-28-2/h4-11,15,22-23H,3,12-13H2,1-2H3/t15-/m1/s1. The van der Waals surface area contributed by atoms with E-state index in [0.717, 1.165) is 12.0 Å². The summed E-state index contributed by atoms with van der Waals surface area (Å²) in [7, 11) is 1.56. The molecule has 1 aromatic heterocycles. The van der Waals surface area contributed by atoms with Crippen LogP contribution in [0.3, 0.4) is 0 Å². The molecule has 0 aliphatic rings. The van der Waals surface area contributed by atoms with Crippen molar-refractivity contribution >= 4 is 17.1 Å². The van der Waals surface area contributed by atoms with Gasteiger partial charge in [-0.2, -0.15) is 0 Å². The number of hydrogen-bond acceptors (Lipinski definition) is 6. The first-order valence-electron chi connectivity index (χ1n) is 9.17. The van der Waals surface area contributed by atoms with Gasteiger partial charge in [-0.15, -0.1) is 0 Å². The number of anilines is 3. The Bertz CT molecular complexity index is 1070. The van der Waals surface area contributed by atoms with E-state index in [9.17, 15) is 14.4 Å². The number of methoxy groups -OCH3 is 1. The summed E-state index contributed by atoms with van der Waals surface area (Å²) in [6.45, 7) is 2.79. The van der Waals surface area contributed by atoms with Crippen molar-refractivity contribution in [2.45, 2.75) is 25.9 Å². The molecule has 0 saturated heterocycles. The Morgan fingerprint density at radius 3 is 2.39 bits per heavy atom. The summed E-state index contributed by atoms with van der Waals surface area (Å²) in [5.74, 6) is 0. The van der Waals surface area contributed by atoms with E-state index in [0.29, 0.717) is 13.2 Å². The normalized spacial score (nSPS) is 12.1. The molecule has 7 heteroatoms. The number of benzene rings is 1. The molecule has 1 heterocycles. The summed E-state index contributed by atoms with van der Waals surface area (Å²) >= 11 is 0. The molecular weight excluding hydrogens is 358 g/mol. The molecule has 0 amide bonds. The van der Waals surface area contributed by atoms with Crippen molar-refractivity contribution in [2.75, 3.05) is 24.4 Å². The second-order valence-electron chi connectivity index (χ2n) is 6.46. The van der Waals surface area contributed by atoms with E-state index < -0.39 is 10.9 Å². The topological polar surface area (TPSA) is 89.4 Å². The molecule has 0 aliphatic carbocycles. The van der Waals surface area contributed by atoms with Gasteiger partial charge in [0, 0.05) is 19.9 Å². The number of aromatic nitrogens is 1. The molecule has 7 nitrogen and oxygen atoms in total. The molecule has 0 fully saturated rings. The van der Waals surface area contributed by atoms with Crippen LogP contribution in [-0.2, 0) is 11.3 Å². The van der Waals surface area contributed by atoms with Gasteiger partial charge in [-0.1, -0.05) is 37.3 Å². The van der Waals surface area contributed by atoms with Crippen molar-refractivity contribution in [1.82, 2.24) is 4.57 Å². The van der Waals surface area contributed by atoms with E-state index in [1.165, 1.54) is 4.57 Å². The third-order valence-corrected chi connectivity index (χ3v) is 4.66. The zero-order chi connectivity index (χ0) is 20.1. The zero-order valence-corrected chi connectivity index (χ0v) is 15.9. The van der Waals surface area contributed by atoms with Crippen molar-refractivity contribution in [2.24, 2.45) is 0 Å². The fraction of sp³-hybridized carbons (Fsp3) is 0.286. The maximum atomic E-state index is 12.6. The predicted octanol–water partition coefficient (Wildman–Crippen LogP) is 2.40. The Morgan fingerprint density at radius 1 is 1.00 bits per heavy atom. The summed E-state index contributed by atoms with van der Waals surface area (Å²) in [6.07, 6.45) is 2.38. The molecular formula is C21H23N3O4. The minimum Gasteiger partial charge on any atom is -0.383 e. The zero-order valence-electron chi connectivity index (χ0n) is 15.9. The summed E-state index contributed by atoms with van der Waals surface area (Å²) < 4.78 is 6.49. The highest BCUT2D eigenvalue weighted by molar-refractivity contribution is 5.78. The van der Waals surface area contributed by atoms with E-state index in [4.69, 9.17) is 4.74 Å². The van der Waals surface area contributed by atoms with Crippen molar-refractivity contribution in [3.63, 3.8) is 0 Å². The number of pyridine rings is 1. The highest BCUT2D eigenvalue weighted by Crippen LogP contribution is 2.26. The van der Waals surface area contributed by atoms with E-state index >= 15 is 0 Å². The molecule has 3 aromatic rings. The molecule has 0 radical (unpaired) electrons. The Kier molecular flexibility index (Phi) is 6.06. The van der Waals surface area contributed by atoms with E-state index in [2.05, 4.69) is 10.6 Å². The number of nitrogens with one attached hydrogen (secondary N) is 2. The van der Waals surface area contributed by atoms with Gasteiger partial charge in [-0.3, -0.25) is 14.4 Å². The number of hydrogen-bond donors (Lipinski definition) is 2. The summed E-state index contributed by atoms with van der Waals surface area (Å²) in [5.41, 5.74) is 0.110. The van der Waals surface area contributed by atoms with Crippen LogP contribution < -0.4 is 27.1 Å². The van der Waals surface area contributed by atoms with Crippen LogP contribution in [0.5, 0.6) is 0 Å². The van der Waals surface area contributed by atoms with E-state index in [-0.39, 0.29) is 28.7 Å². The largest absolute Gasteiger partial charge is 0.383 e. The lowest BCUT2D eigenvalue weighted by molar-refractivity contribution is 0.186. The van der Waals surface area contributed by atoms with Gasteiger partial charge in [-0.05, 0) is 24.1 Å². The van der Waals surface area contributed by atoms with E-state index in [1.807, 2.05) is 37.3 Å². The lowest BCUT2D eigenvalue weighted by Gasteiger charge is -2.22. The van der Waals surface area contributed by atoms with Gasteiger partial charge in [0.25, 0.3) is 16.4 Å². The van der Waals surface area contributed by atoms with Crippen molar-refractivity contribution in [3.8, 4) is 0 Å². The molecule has 146 valence electrons. The maximum Gasteiger partial charge on any atom is 0.274 e. The third-order valence-electron chi connectivity index (χ3n) is 4.66.